The van der Waals surface area contributed by atoms with Crippen molar-refractivity contribution in [2.45, 2.75) is 44.1 Å². The lowest BCUT2D eigenvalue weighted by Gasteiger charge is -2.31. The molecule has 0 aromatic heterocycles. The smallest absolute Gasteiger partial charge is 0.451 e. The average molecular weight is 352 g/mol. The van der Waals surface area contributed by atoms with Gasteiger partial charge in [0.25, 0.3) is 0 Å². The highest BCUT2D eigenvalue weighted by atomic mass is 19.1. The summed E-state index contributed by atoms with van der Waals surface area (Å²) in [7, 11) is -1.37. The third-order valence-electron chi connectivity index (χ3n) is 5.02. The molecular formula is C17H26BFN2O4. The van der Waals surface area contributed by atoms with Gasteiger partial charge < -0.3 is 20.9 Å². The molecule has 6 nitrogen and oxygen atoms in total. The number of halogens is 1. The summed E-state index contributed by atoms with van der Waals surface area (Å²) in [6.07, 6.45) is 2.29. The van der Waals surface area contributed by atoms with Crippen LogP contribution in [-0.4, -0.2) is 51.8 Å². The number of nitrogens with two attached hydrogens (primary N) is 1. The number of aliphatic carboxylic acids is 1. The fourth-order valence-electron chi connectivity index (χ4n) is 3.47. The number of carboxylic acids is 1. The second kappa shape index (κ2) is 8.76. The maximum Gasteiger partial charge on any atom is 0.451 e. The standard InChI is InChI=1S/C17H26BFN2O4/c19-15-5-3-13(4-6-15)11-21-10-7-14(12-21)17(20,16(22)23)8-1-2-9-18(24)25/h3-6,14,24-25H,1-2,7-12,20H2,(H,22,23)/t14-,17?/m0/s1. The number of likely N-dealkylation sites (tertiary alicyclic amines) is 1. The first-order valence-electron chi connectivity index (χ1n) is 8.66. The van der Waals surface area contributed by atoms with Crippen LogP contribution in [-0.2, 0) is 11.3 Å². The molecule has 1 fully saturated rings. The number of benzene rings is 1. The number of hydrogen-bond donors (Lipinski definition) is 4. The molecule has 0 radical (unpaired) electrons. The lowest BCUT2D eigenvalue weighted by molar-refractivity contribution is -0.145. The van der Waals surface area contributed by atoms with Crippen molar-refractivity contribution >= 4 is 13.1 Å². The van der Waals surface area contributed by atoms with E-state index in [9.17, 15) is 14.3 Å². The zero-order valence-electron chi connectivity index (χ0n) is 14.3. The average Bonchev–Trinajstić information content (AvgIpc) is 3.02. The fraction of sp³-hybridized carbons (Fsp3) is 0.588. The van der Waals surface area contributed by atoms with Gasteiger partial charge in [-0.25, -0.2) is 4.39 Å². The first-order chi connectivity index (χ1) is 11.8. The predicted octanol–water partition coefficient (Wildman–Crippen LogP) is 1.07. The zero-order chi connectivity index (χ0) is 18.4. The highest BCUT2D eigenvalue weighted by Crippen LogP contribution is 2.31. The number of unbranched alkanes of at least 4 members (excludes halogenated alkanes) is 1. The molecule has 2 rings (SSSR count). The van der Waals surface area contributed by atoms with Gasteiger partial charge in [0.05, 0.1) is 0 Å². The van der Waals surface area contributed by atoms with Gasteiger partial charge in [-0.15, -0.1) is 0 Å². The van der Waals surface area contributed by atoms with Crippen LogP contribution in [0.3, 0.4) is 0 Å². The molecule has 1 unspecified atom stereocenters. The van der Waals surface area contributed by atoms with E-state index >= 15 is 0 Å². The molecule has 0 amide bonds. The van der Waals surface area contributed by atoms with Gasteiger partial charge in [0.1, 0.15) is 11.4 Å². The van der Waals surface area contributed by atoms with Gasteiger partial charge in [-0.3, -0.25) is 9.69 Å². The first-order valence-corrected chi connectivity index (χ1v) is 8.66. The highest BCUT2D eigenvalue weighted by Gasteiger charge is 2.44. The second-order valence-electron chi connectivity index (χ2n) is 6.92. The van der Waals surface area contributed by atoms with Crippen LogP contribution in [0.25, 0.3) is 0 Å². The quantitative estimate of drug-likeness (QED) is 0.391. The minimum absolute atomic E-state index is 0.163. The van der Waals surface area contributed by atoms with E-state index in [1.807, 2.05) is 0 Å². The molecule has 1 aliphatic rings. The first kappa shape index (κ1) is 19.8. The summed E-state index contributed by atoms with van der Waals surface area (Å²) in [6, 6.07) is 6.30. The lowest BCUT2D eigenvalue weighted by atomic mass is 9.77. The monoisotopic (exact) mass is 352 g/mol. The summed E-state index contributed by atoms with van der Waals surface area (Å²) in [5.41, 5.74) is 5.91. The largest absolute Gasteiger partial charge is 0.480 e. The Hall–Kier alpha value is -1.48. The van der Waals surface area contributed by atoms with Gasteiger partial charge in [0.15, 0.2) is 0 Å². The van der Waals surface area contributed by atoms with Crippen molar-refractivity contribution in [3.63, 3.8) is 0 Å². The number of rotatable bonds is 9. The Bertz CT molecular complexity index is 572. The number of nitrogens with zero attached hydrogens (tertiary/aromatic N) is 1. The SMILES string of the molecule is NC(CCCCB(O)O)(C(=O)O)[C@H]1CCN(Cc2ccc(F)cc2)C1. The summed E-state index contributed by atoms with van der Waals surface area (Å²) >= 11 is 0. The van der Waals surface area contributed by atoms with Gasteiger partial charge in [-0.2, -0.15) is 0 Å². The van der Waals surface area contributed by atoms with E-state index in [1.54, 1.807) is 12.1 Å². The summed E-state index contributed by atoms with van der Waals surface area (Å²) < 4.78 is 13.0. The van der Waals surface area contributed by atoms with Crippen molar-refractivity contribution in [1.29, 1.82) is 0 Å². The predicted molar refractivity (Wildman–Crippen MR) is 93.2 cm³/mol. The summed E-state index contributed by atoms with van der Waals surface area (Å²) in [5.74, 6) is -1.45. The van der Waals surface area contributed by atoms with E-state index in [0.29, 0.717) is 38.8 Å². The Balaban J connectivity index is 1.91. The van der Waals surface area contributed by atoms with Crippen molar-refractivity contribution in [3.8, 4) is 0 Å². The molecular weight excluding hydrogens is 326 g/mol. The Kier molecular flexibility index (Phi) is 6.95. The number of carboxylic acid groups (broad SMARTS) is 1. The van der Waals surface area contributed by atoms with Gasteiger partial charge >= 0.3 is 13.1 Å². The molecule has 1 aromatic rings. The molecule has 1 aliphatic heterocycles. The maximum atomic E-state index is 13.0. The van der Waals surface area contributed by atoms with Gasteiger partial charge in [-0.05, 0) is 43.4 Å². The van der Waals surface area contributed by atoms with Crippen molar-refractivity contribution in [3.05, 3.63) is 35.6 Å². The minimum atomic E-state index is -1.37. The number of hydrogen-bond acceptors (Lipinski definition) is 5. The van der Waals surface area contributed by atoms with E-state index < -0.39 is 18.6 Å². The zero-order valence-corrected chi connectivity index (χ0v) is 14.3. The van der Waals surface area contributed by atoms with Crippen LogP contribution in [0.1, 0.15) is 31.2 Å². The second-order valence-corrected chi connectivity index (χ2v) is 6.92. The molecule has 0 saturated carbocycles. The third-order valence-corrected chi connectivity index (χ3v) is 5.02. The van der Waals surface area contributed by atoms with Crippen LogP contribution < -0.4 is 5.73 Å². The van der Waals surface area contributed by atoms with E-state index in [0.717, 1.165) is 12.1 Å². The molecule has 1 saturated heterocycles. The molecule has 0 bridgehead atoms. The van der Waals surface area contributed by atoms with E-state index in [-0.39, 0.29) is 18.1 Å². The Morgan fingerprint density at radius 1 is 1.32 bits per heavy atom. The van der Waals surface area contributed by atoms with Crippen molar-refractivity contribution < 1.29 is 24.3 Å². The lowest BCUT2D eigenvalue weighted by Crippen LogP contribution is -2.55. The molecule has 5 N–H and O–H groups in total. The topological polar surface area (TPSA) is 107 Å². The van der Waals surface area contributed by atoms with Crippen LogP contribution in [0.5, 0.6) is 0 Å². The van der Waals surface area contributed by atoms with E-state index in [1.165, 1.54) is 12.1 Å². The van der Waals surface area contributed by atoms with Crippen molar-refractivity contribution in [1.82, 2.24) is 4.90 Å². The van der Waals surface area contributed by atoms with Crippen molar-refractivity contribution in [2.24, 2.45) is 11.7 Å². The minimum Gasteiger partial charge on any atom is -0.480 e. The van der Waals surface area contributed by atoms with E-state index in [4.69, 9.17) is 15.8 Å². The molecule has 138 valence electrons. The Morgan fingerprint density at radius 2 is 2.00 bits per heavy atom. The van der Waals surface area contributed by atoms with Crippen molar-refractivity contribution in [2.75, 3.05) is 13.1 Å². The summed E-state index contributed by atoms with van der Waals surface area (Å²) in [5, 5.41) is 27.4. The molecule has 1 heterocycles. The van der Waals surface area contributed by atoms with Crippen LogP contribution >= 0.6 is 0 Å². The highest BCUT2D eigenvalue weighted by molar-refractivity contribution is 6.40. The van der Waals surface area contributed by atoms with Gasteiger partial charge in [0, 0.05) is 19.0 Å². The van der Waals surface area contributed by atoms with E-state index in [2.05, 4.69) is 4.90 Å². The number of carbonyl (C=O) groups is 1. The molecule has 8 heteroatoms. The maximum absolute atomic E-state index is 13.0. The fourth-order valence-corrected chi connectivity index (χ4v) is 3.47. The van der Waals surface area contributed by atoms with Crippen LogP contribution in [0.4, 0.5) is 4.39 Å². The Morgan fingerprint density at radius 3 is 2.60 bits per heavy atom. The molecule has 1 aromatic carbocycles. The molecule has 0 aliphatic carbocycles. The Labute approximate surface area is 147 Å². The normalized spacial score (nSPS) is 20.4. The van der Waals surface area contributed by atoms with Crippen LogP contribution in [0, 0.1) is 11.7 Å². The molecule has 2 atom stereocenters. The summed E-state index contributed by atoms with van der Waals surface area (Å²) in [4.78, 5) is 13.9. The third kappa shape index (κ3) is 5.50. The van der Waals surface area contributed by atoms with Gasteiger partial charge in [-0.1, -0.05) is 25.0 Å². The molecule has 25 heavy (non-hydrogen) atoms. The van der Waals surface area contributed by atoms with Crippen LogP contribution in [0.15, 0.2) is 24.3 Å². The molecule has 0 spiro atoms. The summed E-state index contributed by atoms with van der Waals surface area (Å²) in [6.45, 7) is 1.98. The van der Waals surface area contributed by atoms with Crippen LogP contribution in [0.2, 0.25) is 6.32 Å². The van der Waals surface area contributed by atoms with Gasteiger partial charge in [0.2, 0.25) is 0 Å².